The zero-order valence-corrected chi connectivity index (χ0v) is 15.7. The predicted octanol–water partition coefficient (Wildman–Crippen LogP) is 2.39. The lowest BCUT2D eigenvalue weighted by Gasteiger charge is -2.45. The predicted molar refractivity (Wildman–Crippen MR) is 101 cm³/mol. The molecule has 0 unspecified atom stereocenters. The lowest BCUT2D eigenvalue weighted by atomic mass is 9.74. The molecule has 144 valence electrons. The minimum Gasteiger partial charge on any atom is -0.373 e. The topological polar surface area (TPSA) is 69.7 Å². The van der Waals surface area contributed by atoms with Gasteiger partial charge in [-0.15, -0.1) is 0 Å². The standard InChI is InChI=1S/C21H20FN3O3/c1-13-3-8-17-15(9-13)10-21(12-24(17)2)18(26)23-20(28)25(19(21)27)11-14-4-6-16(22)7-5-14/h3-9H,10-12H2,1-2H3,(H,23,26,28)/t21-/m1/s1. The summed E-state index contributed by atoms with van der Waals surface area (Å²) in [5.41, 5.74) is 2.14. The van der Waals surface area contributed by atoms with Crippen molar-refractivity contribution in [2.45, 2.75) is 19.9 Å². The van der Waals surface area contributed by atoms with Crippen LogP contribution < -0.4 is 10.2 Å². The van der Waals surface area contributed by atoms with Crippen molar-refractivity contribution in [1.82, 2.24) is 10.2 Å². The van der Waals surface area contributed by atoms with E-state index in [-0.39, 0.29) is 19.5 Å². The van der Waals surface area contributed by atoms with Crippen molar-refractivity contribution >= 4 is 23.5 Å². The molecule has 0 bridgehead atoms. The van der Waals surface area contributed by atoms with E-state index in [9.17, 15) is 18.8 Å². The average molecular weight is 381 g/mol. The van der Waals surface area contributed by atoms with Crippen molar-refractivity contribution in [2.75, 3.05) is 18.5 Å². The third-order valence-electron chi connectivity index (χ3n) is 5.45. The van der Waals surface area contributed by atoms with Crippen LogP contribution in [0.3, 0.4) is 0 Å². The summed E-state index contributed by atoms with van der Waals surface area (Å²) in [6, 6.07) is 10.8. The average Bonchev–Trinajstić information content (AvgIpc) is 2.65. The van der Waals surface area contributed by atoms with Crippen LogP contribution in [0.4, 0.5) is 14.9 Å². The smallest absolute Gasteiger partial charge is 0.331 e. The Labute approximate surface area is 161 Å². The van der Waals surface area contributed by atoms with E-state index in [4.69, 9.17) is 0 Å². The van der Waals surface area contributed by atoms with Gasteiger partial charge in [-0.3, -0.25) is 19.8 Å². The Balaban J connectivity index is 1.70. The lowest BCUT2D eigenvalue weighted by molar-refractivity contribution is -0.151. The number of hydrogen-bond donors (Lipinski definition) is 1. The molecule has 6 nitrogen and oxygen atoms in total. The molecule has 1 N–H and O–H groups in total. The molecule has 0 aromatic heterocycles. The second kappa shape index (κ2) is 6.44. The Morgan fingerprint density at radius 1 is 1.11 bits per heavy atom. The van der Waals surface area contributed by atoms with Crippen LogP contribution >= 0.6 is 0 Å². The molecule has 4 rings (SSSR count). The number of halogens is 1. The molecule has 0 aliphatic carbocycles. The molecule has 2 aromatic carbocycles. The van der Waals surface area contributed by atoms with E-state index in [1.54, 1.807) is 0 Å². The molecule has 1 atom stereocenters. The maximum absolute atomic E-state index is 13.4. The summed E-state index contributed by atoms with van der Waals surface area (Å²) < 4.78 is 13.2. The van der Waals surface area contributed by atoms with Gasteiger partial charge in [-0.2, -0.15) is 0 Å². The van der Waals surface area contributed by atoms with Gasteiger partial charge in [0.1, 0.15) is 11.2 Å². The first-order chi connectivity index (χ1) is 13.3. The van der Waals surface area contributed by atoms with Crippen LogP contribution in [0.2, 0.25) is 0 Å². The van der Waals surface area contributed by atoms with Gasteiger partial charge >= 0.3 is 6.03 Å². The Kier molecular flexibility index (Phi) is 4.18. The van der Waals surface area contributed by atoms with Crippen molar-refractivity contribution < 1.29 is 18.8 Å². The van der Waals surface area contributed by atoms with Gasteiger partial charge in [0, 0.05) is 19.3 Å². The van der Waals surface area contributed by atoms with Gasteiger partial charge in [0.2, 0.25) is 11.8 Å². The van der Waals surface area contributed by atoms with Gasteiger partial charge in [0.25, 0.3) is 0 Å². The van der Waals surface area contributed by atoms with Crippen molar-refractivity contribution in [2.24, 2.45) is 5.41 Å². The van der Waals surface area contributed by atoms with Crippen molar-refractivity contribution in [1.29, 1.82) is 0 Å². The number of amides is 4. The highest BCUT2D eigenvalue weighted by Gasteiger charge is 2.56. The molecule has 2 aliphatic rings. The van der Waals surface area contributed by atoms with E-state index in [0.29, 0.717) is 5.56 Å². The van der Waals surface area contributed by atoms with Gasteiger partial charge in [0.05, 0.1) is 6.54 Å². The van der Waals surface area contributed by atoms with Gasteiger partial charge in [-0.1, -0.05) is 29.8 Å². The molecule has 4 amide bonds. The highest BCUT2D eigenvalue weighted by molar-refractivity contribution is 6.20. The number of aryl methyl sites for hydroxylation is 1. The SMILES string of the molecule is Cc1ccc2c(c1)C[C@@]1(CN2C)C(=O)NC(=O)N(Cc2ccc(F)cc2)C1=O. The number of urea groups is 1. The fraction of sp³-hybridized carbons (Fsp3) is 0.286. The first-order valence-electron chi connectivity index (χ1n) is 9.03. The van der Waals surface area contributed by atoms with Crippen molar-refractivity contribution in [3.8, 4) is 0 Å². The monoisotopic (exact) mass is 381 g/mol. The van der Waals surface area contributed by atoms with Crippen LogP contribution in [0.1, 0.15) is 16.7 Å². The fourth-order valence-corrected chi connectivity index (χ4v) is 4.04. The summed E-state index contributed by atoms with van der Waals surface area (Å²) in [4.78, 5) is 41.5. The Bertz CT molecular complexity index is 989. The third-order valence-corrected chi connectivity index (χ3v) is 5.45. The number of rotatable bonds is 2. The van der Waals surface area contributed by atoms with E-state index in [2.05, 4.69) is 5.32 Å². The highest BCUT2D eigenvalue weighted by Crippen LogP contribution is 2.39. The van der Waals surface area contributed by atoms with Crippen LogP contribution in [-0.4, -0.2) is 36.3 Å². The number of barbiturate groups is 1. The number of nitrogens with one attached hydrogen (secondary N) is 1. The number of benzene rings is 2. The number of anilines is 1. The summed E-state index contributed by atoms with van der Waals surface area (Å²) in [5, 5.41) is 2.34. The number of carbonyl (C=O) groups excluding carboxylic acids is 3. The largest absolute Gasteiger partial charge is 0.373 e. The molecular formula is C21H20FN3O3. The highest BCUT2D eigenvalue weighted by atomic mass is 19.1. The molecule has 28 heavy (non-hydrogen) atoms. The second-order valence-electron chi connectivity index (χ2n) is 7.52. The van der Waals surface area contributed by atoms with Crippen LogP contribution in [-0.2, 0) is 22.6 Å². The molecule has 1 saturated heterocycles. The van der Waals surface area contributed by atoms with Crippen molar-refractivity contribution in [3.05, 3.63) is 65.0 Å². The Morgan fingerprint density at radius 3 is 2.54 bits per heavy atom. The number of hydrogen-bond acceptors (Lipinski definition) is 4. The van der Waals surface area contributed by atoms with E-state index in [1.807, 2.05) is 37.1 Å². The maximum atomic E-state index is 13.4. The Morgan fingerprint density at radius 2 is 1.82 bits per heavy atom. The summed E-state index contributed by atoms with van der Waals surface area (Å²) in [6.07, 6.45) is 0.228. The normalized spacial score (nSPS) is 21.8. The minimum atomic E-state index is -1.37. The molecule has 1 fully saturated rings. The summed E-state index contributed by atoms with van der Waals surface area (Å²) in [5.74, 6) is -1.49. The molecule has 2 heterocycles. The van der Waals surface area contributed by atoms with Gasteiger partial charge in [0.15, 0.2) is 0 Å². The Hall–Kier alpha value is -3.22. The quantitative estimate of drug-likeness (QED) is 0.811. The van der Waals surface area contributed by atoms with E-state index >= 15 is 0 Å². The van der Waals surface area contributed by atoms with E-state index < -0.39 is 29.1 Å². The van der Waals surface area contributed by atoms with Crippen LogP contribution in [0.25, 0.3) is 0 Å². The first-order valence-corrected chi connectivity index (χ1v) is 9.03. The van der Waals surface area contributed by atoms with Crippen molar-refractivity contribution in [3.63, 3.8) is 0 Å². The zero-order valence-electron chi connectivity index (χ0n) is 15.7. The third kappa shape index (κ3) is 2.83. The lowest BCUT2D eigenvalue weighted by Crippen LogP contribution is -2.68. The van der Waals surface area contributed by atoms with Crippen LogP contribution in [0, 0.1) is 18.2 Å². The molecule has 2 aliphatic heterocycles. The first kappa shape index (κ1) is 18.2. The molecule has 0 radical (unpaired) electrons. The van der Waals surface area contributed by atoms with E-state index in [0.717, 1.165) is 21.7 Å². The summed E-state index contributed by atoms with van der Waals surface area (Å²) >= 11 is 0. The number of imide groups is 2. The zero-order chi connectivity index (χ0) is 20.1. The number of nitrogens with zero attached hydrogens (tertiary/aromatic N) is 2. The molecular weight excluding hydrogens is 361 g/mol. The molecule has 0 saturated carbocycles. The number of fused-ring (bicyclic) bond motifs is 1. The maximum Gasteiger partial charge on any atom is 0.331 e. The molecule has 7 heteroatoms. The van der Waals surface area contributed by atoms with Crippen LogP contribution in [0.15, 0.2) is 42.5 Å². The number of carbonyl (C=O) groups is 3. The summed E-state index contributed by atoms with van der Waals surface area (Å²) in [6.45, 7) is 2.11. The second-order valence-corrected chi connectivity index (χ2v) is 7.52. The van der Waals surface area contributed by atoms with Crippen LogP contribution in [0.5, 0.6) is 0 Å². The molecule has 1 spiro atoms. The molecule has 2 aromatic rings. The minimum absolute atomic E-state index is 0.0234. The van der Waals surface area contributed by atoms with E-state index in [1.165, 1.54) is 24.3 Å². The van der Waals surface area contributed by atoms with Gasteiger partial charge in [-0.25, -0.2) is 9.18 Å². The van der Waals surface area contributed by atoms with Gasteiger partial charge in [-0.05, 0) is 42.7 Å². The summed E-state index contributed by atoms with van der Waals surface area (Å²) in [7, 11) is 1.83. The van der Waals surface area contributed by atoms with Gasteiger partial charge < -0.3 is 4.90 Å². The fourth-order valence-electron chi connectivity index (χ4n) is 4.04.